The molecule has 0 unspecified atom stereocenters. The van der Waals surface area contributed by atoms with E-state index in [1.54, 1.807) is 19.9 Å². The van der Waals surface area contributed by atoms with Gasteiger partial charge in [-0.1, -0.05) is 22.0 Å². The van der Waals surface area contributed by atoms with Gasteiger partial charge in [-0.15, -0.1) is 0 Å². The number of rotatable bonds is 3. The van der Waals surface area contributed by atoms with Crippen LogP contribution >= 0.6 is 15.9 Å². The molecule has 0 aliphatic carbocycles. The molecule has 0 aromatic heterocycles. The van der Waals surface area contributed by atoms with Gasteiger partial charge in [0.05, 0.1) is 12.1 Å². The highest BCUT2D eigenvalue weighted by molar-refractivity contribution is 9.10. The highest BCUT2D eigenvalue weighted by Gasteiger charge is 2.20. The van der Waals surface area contributed by atoms with Crippen molar-refractivity contribution in [2.75, 3.05) is 6.61 Å². The lowest BCUT2D eigenvalue weighted by molar-refractivity contribution is 0.0868. The van der Waals surface area contributed by atoms with Gasteiger partial charge in [-0.25, -0.2) is 0 Å². The molecule has 1 aromatic rings. The second kappa shape index (κ2) is 4.97. The van der Waals surface area contributed by atoms with Gasteiger partial charge < -0.3 is 10.4 Å². The fourth-order valence-corrected chi connectivity index (χ4v) is 1.61. The molecule has 1 amide bonds. The van der Waals surface area contributed by atoms with Gasteiger partial charge in [-0.2, -0.15) is 0 Å². The predicted molar refractivity (Wildman–Crippen MR) is 67.5 cm³/mol. The lowest BCUT2D eigenvalue weighted by Crippen LogP contribution is -2.46. The van der Waals surface area contributed by atoms with E-state index in [1.165, 1.54) is 0 Å². The van der Waals surface area contributed by atoms with Gasteiger partial charge in [0.1, 0.15) is 0 Å². The van der Waals surface area contributed by atoms with Gasteiger partial charge in [0.2, 0.25) is 0 Å². The summed E-state index contributed by atoms with van der Waals surface area (Å²) in [5.74, 6) is -0.169. The van der Waals surface area contributed by atoms with E-state index in [1.807, 2.05) is 19.1 Å². The number of amides is 1. The normalized spacial score (nSPS) is 11.3. The van der Waals surface area contributed by atoms with Crippen LogP contribution in [0.5, 0.6) is 0 Å². The maximum Gasteiger partial charge on any atom is 0.252 e. The number of aliphatic hydroxyl groups is 1. The number of nitrogens with one attached hydrogen (secondary N) is 1. The molecule has 0 radical (unpaired) electrons. The molecule has 4 heteroatoms. The van der Waals surface area contributed by atoms with Crippen LogP contribution in [0.4, 0.5) is 0 Å². The zero-order chi connectivity index (χ0) is 12.3. The van der Waals surface area contributed by atoms with E-state index in [0.29, 0.717) is 5.56 Å². The summed E-state index contributed by atoms with van der Waals surface area (Å²) in [6.45, 7) is 5.34. The number of hydrogen-bond donors (Lipinski definition) is 2. The number of carbonyl (C=O) groups is 1. The summed E-state index contributed by atoms with van der Waals surface area (Å²) in [6.07, 6.45) is 0. The van der Waals surface area contributed by atoms with E-state index in [9.17, 15) is 4.79 Å². The average molecular weight is 286 g/mol. The molecule has 2 N–H and O–H groups in total. The largest absolute Gasteiger partial charge is 0.394 e. The molecule has 0 aliphatic rings. The molecule has 1 rings (SSSR count). The molecule has 16 heavy (non-hydrogen) atoms. The molecule has 88 valence electrons. The van der Waals surface area contributed by atoms with Crippen LogP contribution in [-0.2, 0) is 0 Å². The second-order valence-corrected chi connectivity index (χ2v) is 5.37. The van der Waals surface area contributed by atoms with Gasteiger partial charge in [-0.05, 0) is 38.5 Å². The zero-order valence-corrected chi connectivity index (χ0v) is 11.3. The summed E-state index contributed by atoms with van der Waals surface area (Å²) in [4.78, 5) is 11.9. The Morgan fingerprint density at radius 2 is 2.12 bits per heavy atom. The summed E-state index contributed by atoms with van der Waals surface area (Å²) in [6, 6.07) is 5.55. The summed E-state index contributed by atoms with van der Waals surface area (Å²) in [5, 5.41) is 11.9. The number of aliphatic hydroxyl groups excluding tert-OH is 1. The summed E-state index contributed by atoms with van der Waals surface area (Å²) in [7, 11) is 0. The van der Waals surface area contributed by atoms with Crippen molar-refractivity contribution in [1.29, 1.82) is 0 Å². The SMILES string of the molecule is Cc1ccc(Br)cc1C(=O)NC(C)(C)CO. The van der Waals surface area contributed by atoms with Crippen LogP contribution in [-0.4, -0.2) is 23.2 Å². The van der Waals surface area contributed by atoms with Gasteiger partial charge in [-0.3, -0.25) is 4.79 Å². The van der Waals surface area contributed by atoms with E-state index < -0.39 is 5.54 Å². The zero-order valence-electron chi connectivity index (χ0n) is 9.67. The van der Waals surface area contributed by atoms with Gasteiger partial charge in [0, 0.05) is 10.0 Å². The molecule has 0 heterocycles. The quantitative estimate of drug-likeness (QED) is 0.895. The first-order valence-corrected chi connectivity index (χ1v) is 5.84. The Morgan fingerprint density at radius 1 is 1.50 bits per heavy atom. The summed E-state index contributed by atoms with van der Waals surface area (Å²) >= 11 is 3.33. The molecular formula is C12H16BrNO2. The molecular weight excluding hydrogens is 270 g/mol. The maximum absolute atomic E-state index is 11.9. The highest BCUT2D eigenvalue weighted by Crippen LogP contribution is 2.16. The van der Waals surface area contributed by atoms with Crippen molar-refractivity contribution in [1.82, 2.24) is 5.32 Å². The van der Waals surface area contributed by atoms with Crippen molar-refractivity contribution in [2.45, 2.75) is 26.3 Å². The molecule has 0 bridgehead atoms. The molecule has 0 saturated heterocycles. The summed E-state index contributed by atoms with van der Waals surface area (Å²) in [5.41, 5.74) is 0.927. The lowest BCUT2D eigenvalue weighted by atomic mass is 10.0. The van der Waals surface area contributed by atoms with Crippen LogP contribution in [0, 0.1) is 6.92 Å². The van der Waals surface area contributed by atoms with Crippen molar-refractivity contribution in [3.8, 4) is 0 Å². The Kier molecular flexibility index (Phi) is 4.10. The first kappa shape index (κ1) is 13.2. The third kappa shape index (κ3) is 3.32. The van der Waals surface area contributed by atoms with Crippen LogP contribution in [0.1, 0.15) is 29.8 Å². The van der Waals surface area contributed by atoms with Crippen molar-refractivity contribution >= 4 is 21.8 Å². The van der Waals surface area contributed by atoms with Crippen LogP contribution in [0.2, 0.25) is 0 Å². The Morgan fingerprint density at radius 3 is 2.69 bits per heavy atom. The Bertz CT molecular complexity index is 402. The summed E-state index contributed by atoms with van der Waals surface area (Å²) < 4.78 is 0.866. The predicted octanol–water partition coefficient (Wildman–Crippen LogP) is 2.26. The minimum absolute atomic E-state index is 0.0915. The van der Waals surface area contributed by atoms with Crippen molar-refractivity contribution in [3.05, 3.63) is 33.8 Å². The minimum Gasteiger partial charge on any atom is -0.394 e. The molecule has 0 saturated carbocycles. The smallest absolute Gasteiger partial charge is 0.252 e. The molecule has 1 aromatic carbocycles. The Balaban J connectivity index is 2.93. The number of halogens is 1. The first-order valence-electron chi connectivity index (χ1n) is 5.05. The van der Waals surface area contributed by atoms with Crippen LogP contribution in [0.25, 0.3) is 0 Å². The highest BCUT2D eigenvalue weighted by atomic mass is 79.9. The first-order chi connectivity index (χ1) is 7.35. The standard InChI is InChI=1S/C12H16BrNO2/c1-8-4-5-9(13)6-10(8)11(16)14-12(2,3)7-15/h4-6,15H,7H2,1-3H3,(H,14,16). The van der Waals surface area contributed by atoms with Crippen LogP contribution < -0.4 is 5.32 Å². The third-order valence-electron chi connectivity index (χ3n) is 2.29. The minimum atomic E-state index is -0.605. The van der Waals surface area contributed by atoms with Crippen LogP contribution in [0.3, 0.4) is 0 Å². The average Bonchev–Trinajstić information content (AvgIpc) is 2.21. The van der Waals surface area contributed by atoms with E-state index in [2.05, 4.69) is 21.2 Å². The monoisotopic (exact) mass is 285 g/mol. The third-order valence-corrected chi connectivity index (χ3v) is 2.78. The fraction of sp³-hybridized carbons (Fsp3) is 0.417. The number of benzene rings is 1. The number of carbonyl (C=O) groups excluding carboxylic acids is 1. The van der Waals surface area contributed by atoms with E-state index >= 15 is 0 Å². The van der Waals surface area contributed by atoms with E-state index in [-0.39, 0.29) is 12.5 Å². The van der Waals surface area contributed by atoms with Gasteiger partial charge in [0.15, 0.2) is 0 Å². The van der Waals surface area contributed by atoms with E-state index in [0.717, 1.165) is 10.0 Å². The van der Waals surface area contributed by atoms with Gasteiger partial charge in [0.25, 0.3) is 5.91 Å². The lowest BCUT2D eigenvalue weighted by Gasteiger charge is -2.24. The van der Waals surface area contributed by atoms with Gasteiger partial charge >= 0.3 is 0 Å². The Labute approximate surface area is 104 Å². The van der Waals surface area contributed by atoms with Crippen LogP contribution in [0.15, 0.2) is 22.7 Å². The van der Waals surface area contributed by atoms with Crippen molar-refractivity contribution < 1.29 is 9.90 Å². The molecule has 0 fully saturated rings. The van der Waals surface area contributed by atoms with E-state index in [4.69, 9.17) is 5.11 Å². The Hall–Kier alpha value is -0.870. The maximum atomic E-state index is 11.9. The molecule has 0 aliphatic heterocycles. The van der Waals surface area contributed by atoms with Crippen molar-refractivity contribution in [3.63, 3.8) is 0 Å². The number of hydrogen-bond acceptors (Lipinski definition) is 2. The molecule has 3 nitrogen and oxygen atoms in total. The molecule has 0 spiro atoms. The molecule has 0 atom stereocenters. The topological polar surface area (TPSA) is 49.3 Å². The second-order valence-electron chi connectivity index (χ2n) is 4.46. The van der Waals surface area contributed by atoms with Crippen molar-refractivity contribution in [2.24, 2.45) is 0 Å². The fourth-order valence-electron chi connectivity index (χ4n) is 1.25. The number of aryl methyl sites for hydroxylation is 1.